The van der Waals surface area contributed by atoms with Gasteiger partial charge in [0.05, 0.1) is 12.0 Å². The minimum Gasteiger partial charge on any atom is -0.333 e. The lowest BCUT2D eigenvalue weighted by molar-refractivity contribution is 0.300. The van der Waals surface area contributed by atoms with Crippen LogP contribution in [0.25, 0.3) is 0 Å². The fourth-order valence-corrected chi connectivity index (χ4v) is 2.41. The van der Waals surface area contributed by atoms with Crippen molar-refractivity contribution in [1.29, 1.82) is 0 Å². The first-order valence-electron chi connectivity index (χ1n) is 7.79. The predicted octanol–water partition coefficient (Wildman–Crippen LogP) is 3.99. The van der Waals surface area contributed by atoms with Gasteiger partial charge in [0.25, 0.3) is 0 Å². The molecule has 3 nitrogen and oxygen atoms in total. The minimum atomic E-state index is 0.394. The third-order valence-corrected chi connectivity index (χ3v) is 3.63. The molecule has 0 amide bonds. The van der Waals surface area contributed by atoms with E-state index in [4.69, 9.17) is 0 Å². The van der Waals surface area contributed by atoms with Gasteiger partial charge in [0.1, 0.15) is 0 Å². The summed E-state index contributed by atoms with van der Waals surface area (Å²) in [5, 5.41) is 3.59. The maximum Gasteiger partial charge on any atom is 0.0948 e. The van der Waals surface area contributed by atoms with Crippen LogP contribution in [0.4, 0.5) is 0 Å². The van der Waals surface area contributed by atoms with Gasteiger partial charge >= 0.3 is 0 Å². The SMILES string of the molecule is CCCCCC(C)(C)CNCc1cncn1CCC. The van der Waals surface area contributed by atoms with E-state index in [-0.39, 0.29) is 0 Å². The number of aryl methyl sites for hydroxylation is 1. The van der Waals surface area contributed by atoms with E-state index in [2.05, 4.69) is 42.6 Å². The van der Waals surface area contributed by atoms with Crippen LogP contribution in [0.15, 0.2) is 12.5 Å². The van der Waals surface area contributed by atoms with Crippen LogP contribution >= 0.6 is 0 Å². The number of aromatic nitrogens is 2. The summed E-state index contributed by atoms with van der Waals surface area (Å²) in [4.78, 5) is 4.24. The minimum absolute atomic E-state index is 0.394. The summed E-state index contributed by atoms with van der Waals surface area (Å²) in [5.41, 5.74) is 1.69. The van der Waals surface area contributed by atoms with Crippen LogP contribution in [0.5, 0.6) is 0 Å². The normalized spacial score (nSPS) is 12.0. The summed E-state index contributed by atoms with van der Waals surface area (Å²) >= 11 is 0. The maximum absolute atomic E-state index is 4.24. The lowest BCUT2D eigenvalue weighted by Gasteiger charge is -2.25. The van der Waals surface area contributed by atoms with E-state index in [9.17, 15) is 0 Å². The van der Waals surface area contributed by atoms with Gasteiger partial charge in [-0.25, -0.2) is 4.98 Å². The zero-order valence-corrected chi connectivity index (χ0v) is 13.2. The van der Waals surface area contributed by atoms with Crippen molar-refractivity contribution in [2.45, 2.75) is 72.9 Å². The zero-order valence-electron chi connectivity index (χ0n) is 13.2. The van der Waals surface area contributed by atoms with E-state index >= 15 is 0 Å². The topological polar surface area (TPSA) is 29.9 Å². The molecule has 0 aliphatic rings. The quantitative estimate of drug-likeness (QED) is 0.648. The molecule has 1 aromatic rings. The van der Waals surface area contributed by atoms with E-state index in [0.717, 1.165) is 26.1 Å². The van der Waals surface area contributed by atoms with Gasteiger partial charge in [-0.15, -0.1) is 0 Å². The molecule has 0 fully saturated rings. The molecule has 0 bridgehead atoms. The van der Waals surface area contributed by atoms with Crippen LogP contribution in [0.1, 0.15) is 65.5 Å². The first-order chi connectivity index (χ1) is 9.09. The summed E-state index contributed by atoms with van der Waals surface area (Å²) in [6.07, 6.45) is 10.4. The highest BCUT2D eigenvalue weighted by atomic mass is 15.1. The molecule has 1 heterocycles. The highest BCUT2D eigenvalue weighted by Crippen LogP contribution is 2.22. The third-order valence-electron chi connectivity index (χ3n) is 3.63. The van der Waals surface area contributed by atoms with Crippen molar-refractivity contribution in [2.75, 3.05) is 6.54 Å². The number of hydrogen-bond donors (Lipinski definition) is 1. The first-order valence-corrected chi connectivity index (χ1v) is 7.79. The van der Waals surface area contributed by atoms with Gasteiger partial charge in [-0.1, -0.05) is 47.0 Å². The van der Waals surface area contributed by atoms with Crippen molar-refractivity contribution in [1.82, 2.24) is 14.9 Å². The van der Waals surface area contributed by atoms with E-state index in [1.807, 2.05) is 12.5 Å². The van der Waals surface area contributed by atoms with Crippen LogP contribution in [0.2, 0.25) is 0 Å². The molecule has 110 valence electrons. The van der Waals surface area contributed by atoms with Gasteiger partial charge in [-0.2, -0.15) is 0 Å². The Labute approximate surface area is 118 Å². The van der Waals surface area contributed by atoms with E-state index < -0.39 is 0 Å². The zero-order chi connectivity index (χ0) is 14.1. The third kappa shape index (κ3) is 6.24. The Morgan fingerprint density at radius 2 is 2.00 bits per heavy atom. The average Bonchev–Trinajstić information content (AvgIpc) is 2.77. The monoisotopic (exact) mass is 265 g/mol. The summed E-state index contributed by atoms with van der Waals surface area (Å²) in [5.74, 6) is 0. The van der Waals surface area contributed by atoms with Crippen LogP contribution in [-0.2, 0) is 13.1 Å². The molecular formula is C16H31N3. The first kappa shape index (κ1) is 16.2. The van der Waals surface area contributed by atoms with E-state index in [0.29, 0.717) is 5.41 Å². The molecule has 0 spiro atoms. The Hall–Kier alpha value is -0.830. The molecule has 0 aliphatic heterocycles. The second-order valence-corrected chi connectivity index (χ2v) is 6.30. The molecule has 0 atom stereocenters. The van der Waals surface area contributed by atoms with Gasteiger partial charge in [0, 0.05) is 25.8 Å². The van der Waals surface area contributed by atoms with Crippen LogP contribution in [-0.4, -0.2) is 16.1 Å². The standard InChI is InChI=1S/C16H31N3/c1-5-7-8-9-16(3,4)13-17-11-15-12-18-14-19(15)10-6-2/h12,14,17H,5-11,13H2,1-4H3. The van der Waals surface area contributed by atoms with Crippen LogP contribution < -0.4 is 5.32 Å². The Balaban J connectivity index is 2.30. The fraction of sp³-hybridized carbons (Fsp3) is 0.812. The van der Waals surface area contributed by atoms with Crippen molar-refractivity contribution in [3.05, 3.63) is 18.2 Å². The molecule has 1 N–H and O–H groups in total. The molecule has 0 unspecified atom stereocenters. The number of nitrogens with one attached hydrogen (secondary N) is 1. The fourth-order valence-electron chi connectivity index (χ4n) is 2.41. The average molecular weight is 265 g/mol. The number of nitrogens with zero attached hydrogens (tertiary/aromatic N) is 2. The molecule has 0 saturated heterocycles. The van der Waals surface area contributed by atoms with Crippen molar-refractivity contribution in [3.63, 3.8) is 0 Å². The molecule has 1 rings (SSSR count). The molecule has 0 saturated carbocycles. The van der Waals surface area contributed by atoms with Gasteiger partial charge in [0.2, 0.25) is 0 Å². The second-order valence-electron chi connectivity index (χ2n) is 6.30. The summed E-state index contributed by atoms with van der Waals surface area (Å²) in [6.45, 7) is 12.3. The highest BCUT2D eigenvalue weighted by molar-refractivity contribution is 4.98. The van der Waals surface area contributed by atoms with Crippen molar-refractivity contribution < 1.29 is 0 Å². The van der Waals surface area contributed by atoms with E-state index in [1.54, 1.807) is 0 Å². The smallest absolute Gasteiger partial charge is 0.0948 e. The summed E-state index contributed by atoms with van der Waals surface area (Å²) < 4.78 is 2.25. The Morgan fingerprint density at radius 1 is 1.21 bits per heavy atom. The van der Waals surface area contributed by atoms with E-state index in [1.165, 1.54) is 31.4 Å². The van der Waals surface area contributed by atoms with Gasteiger partial charge in [-0.05, 0) is 18.3 Å². The Morgan fingerprint density at radius 3 is 2.68 bits per heavy atom. The van der Waals surface area contributed by atoms with Gasteiger partial charge in [-0.3, -0.25) is 0 Å². The largest absolute Gasteiger partial charge is 0.333 e. The second kappa shape index (κ2) is 8.36. The van der Waals surface area contributed by atoms with Crippen molar-refractivity contribution in [2.24, 2.45) is 5.41 Å². The lowest BCUT2D eigenvalue weighted by atomic mass is 9.87. The van der Waals surface area contributed by atoms with Crippen molar-refractivity contribution in [3.8, 4) is 0 Å². The summed E-state index contributed by atoms with van der Waals surface area (Å²) in [7, 11) is 0. The Kier molecular flexibility index (Phi) is 7.14. The van der Waals surface area contributed by atoms with Crippen LogP contribution in [0, 0.1) is 5.41 Å². The number of rotatable bonds is 10. The lowest BCUT2D eigenvalue weighted by Crippen LogP contribution is -2.29. The van der Waals surface area contributed by atoms with Gasteiger partial charge < -0.3 is 9.88 Å². The molecule has 1 aromatic heterocycles. The molecule has 3 heteroatoms. The number of imidazole rings is 1. The molecular weight excluding hydrogens is 234 g/mol. The van der Waals surface area contributed by atoms with Gasteiger partial charge in [0.15, 0.2) is 0 Å². The maximum atomic E-state index is 4.24. The molecule has 0 aromatic carbocycles. The Bertz CT molecular complexity index is 342. The molecule has 0 aliphatic carbocycles. The molecule has 0 radical (unpaired) electrons. The predicted molar refractivity (Wildman–Crippen MR) is 82.1 cm³/mol. The highest BCUT2D eigenvalue weighted by Gasteiger charge is 2.16. The molecule has 19 heavy (non-hydrogen) atoms. The number of hydrogen-bond acceptors (Lipinski definition) is 2. The van der Waals surface area contributed by atoms with Crippen molar-refractivity contribution >= 4 is 0 Å². The summed E-state index contributed by atoms with van der Waals surface area (Å²) in [6, 6.07) is 0. The number of unbranched alkanes of at least 4 members (excludes halogenated alkanes) is 2. The van der Waals surface area contributed by atoms with Crippen LogP contribution in [0.3, 0.4) is 0 Å².